The quantitative estimate of drug-likeness (QED) is 0.570. The second-order valence-electron chi connectivity index (χ2n) is 13.0. The Morgan fingerprint density at radius 1 is 1.03 bits per heavy atom. The minimum atomic E-state index is -0.0444. The van der Waals surface area contributed by atoms with Crippen LogP contribution >= 0.6 is 0 Å². The van der Waals surface area contributed by atoms with E-state index < -0.39 is 0 Å². The summed E-state index contributed by atoms with van der Waals surface area (Å²) in [6, 6.07) is 6.74. The Morgan fingerprint density at radius 2 is 1.82 bits per heavy atom. The first-order chi connectivity index (χ1) is 16.3. The van der Waals surface area contributed by atoms with Crippen molar-refractivity contribution >= 4 is 0 Å². The zero-order valence-corrected chi connectivity index (χ0v) is 21.8. The van der Waals surface area contributed by atoms with Crippen molar-refractivity contribution in [3.8, 4) is 11.5 Å². The van der Waals surface area contributed by atoms with E-state index in [4.69, 9.17) is 9.47 Å². The second-order valence-corrected chi connectivity index (χ2v) is 13.0. The summed E-state index contributed by atoms with van der Waals surface area (Å²) in [6.45, 7) is 9.39. The van der Waals surface area contributed by atoms with Gasteiger partial charge in [0.25, 0.3) is 0 Å². The fourth-order valence-electron chi connectivity index (χ4n) is 9.95. The number of hydrogen-bond donors (Lipinski definition) is 1. The number of hydrogen-bond acceptors (Lipinski definition) is 4. The van der Waals surface area contributed by atoms with E-state index in [-0.39, 0.29) is 6.10 Å². The number of rotatable bonds is 3. The molecule has 4 aliphatic carbocycles. The van der Waals surface area contributed by atoms with E-state index in [0.717, 1.165) is 60.5 Å². The fourth-order valence-corrected chi connectivity index (χ4v) is 9.95. The third kappa shape index (κ3) is 3.45. The predicted molar refractivity (Wildman–Crippen MR) is 135 cm³/mol. The van der Waals surface area contributed by atoms with Gasteiger partial charge in [0, 0.05) is 18.2 Å². The van der Waals surface area contributed by atoms with Gasteiger partial charge in [-0.2, -0.15) is 0 Å². The van der Waals surface area contributed by atoms with E-state index in [1.807, 2.05) is 6.07 Å². The Hall–Kier alpha value is -1.26. The highest BCUT2D eigenvalue weighted by Gasteiger charge is 2.61. The van der Waals surface area contributed by atoms with Crippen LogP contribution in [0.4, 0.5) is 0 Å². The summed E-state index contributed by atoms with van der Waals surface area (Å²) < 4.78 is 11.7. The Balaban J connectivity index is 1.20. The summed E-state index contributed by atoms with van der Waals surface area (Å²) in [5.74, 6) is 6.08. The van der Waals surface area contributed by atoms with Gasteiger partial charge >= 0.3 is 0 Å². The SMILES string of the molecule is COc1ccc2c(c1)CN([C@@H](C)[C@H]1CC[C@H]3C4CC[C@H]5C[C@@H](O)CC[C@]5(C)[C@H]4CC[C@]13C)CO2. The van der Waals surface area contributed by atoms with Crippen LogP contribution in [-0.2, 0) is 6.54 Å². The highest BCUT2D eigenvalue weighted by Crippen LogP contribution is 2.68. The fraction of sp³-hybridized carbons (Fsp3) is 0.800. The molecule has 4 heteroatoms. The molecule has 4 nitrogen and oxygen atoms in total. The third-order valence-corrected chi connectivity index (χ3v) is 11.9. The zero-order chi connectivity index (χ0) is 23.7. The van der Waals surface area contributed by atoms with Crippen molar-refractivity contribution in [2.24, 2.45) is 40.4 Å². The first-order valence-electron chi connectivity index (χ1n) is 14.1. The average molecular weight is 468 g/mol. The summed E-state index contributed by atoms with van der Waals surface area (Å²) >= 11 is 0. The molecule has 34 heavy (non-hydrogen) atoms. The zero-order valence-electron chi connectivity index (χ0n) is 21.8. The van der Waals surface area contributed by atoms with Gasteiger partial charge in [-0.05, 0) is 123 Å². The lowest BCUT2D eigenvalue weighted by atomic mass is 9.44. The summed E-state index contributed by atoms with van der Waals surface area (Å²) in [7, 11) is 1.74. The number of nitrogens with zero attached hydrogens (tertiary/aromatic N) is 1. The molecule has 0 spiro atoms. The van der Waals surface area contributed by atoms with Gasteiger partial charge in [0.2, 0.25) is 0 Å². The third-order valence-electron chi connectivity index (χ3n) is 11.9. The van der Waals surface area contributed by atoms with E-state index in [0.29, 0.717) is 23.6 Å². The predicted octanol–water partition coefficient (Wildman–Crippen LogP) is 6.26. The molecule has 1 aliphatic heterocycles. The number of aliphatic hydroxyl groups excluding tert-OH is 1. The first kappa shape index (κ1) is 23.2. The highest BCUT2D eigenvalue weighted by molar-refractivity contribution is 5.41. The molecule has 1 aromatic rings. The van der Waals surface area contributed by atoms with Crippen LogP contribution in [-0.4, -0.2) is 36.0 Å². The standard InChI is InChI=1S/C30H45NO3/c1-19(31-17-20-15-23(33-4)6-10-28(20)34-18-31)25-8-9-26-24-7-5-21-16-22(32)11-13-29(21,2)27(24)12-14-30(25,26)3/h6,10,15,19,21-22,24-27,32H,5,7-9,11-14,16-18H2,1-4H3/t19-,21-,22-,24?,25+,26-,27-,29-,30+/m0/s1. The Kier molecular flexibility index (Phi) is 5.72. The molecule has 0 saturated heterocycles. The molecule has 1 unspecified atom stereocenters. The minimum Gasteiger partial charge on any atom is -0.497 e. The number of benzene rings is 1. The summed E-state index contributed by atoms with van der Waals surface area (Å²) in [4.78, 5) is 2.58. The molecule has 4 fully saturated rings. The highest BCUT2D eigenvalue weighted by atomic mass is 16.5. The van der Waals surface area contributed by atoms with Crippen LogP contribution in [0.5, 0.6) is 11.5 Å². The van der Waals surface area contributed by atoms with Crippen LogP contribution in [0, 0.1) is 40.4 Å². The second kappa shape index (κ2) is 8.40. The van der Waals surface area contributed by atoms with Crippen LogP contribution in [0.2, 0.25) is 0 Å². The smallest absolute Gasteiger partial charge is 0.142 e. The van der Waals surface area contributed by atoms with Crippen LogP contribution in [0.15, 0.2) is 18.2 Å². The Labute approximate surface area is 206 Å². The summed E-state index contributed by atoms with van der Waals surface area (Å²) in [5.41, 5.74) is 2.18. The van der Waals surface area contributed by atoms with Gasteiger partial charge in [-0.3, -0.25) is 4.90 Å². The molecule has 0 bridgehead atoms. The van der Waals surface area contributed by atoms with Crippen LogP contribution < -0.4 is 9.47 Å². The normalized spacial score (nSPS) is 44.7. The minimum absolute atomic E-state index is 0.0444. The van der Waals surface area contributed by atoms with Crippen LogP contribution in [0.1, 0.15) is 84.1 Å². The van der Waals surface area contributed by atoms with E-state index in [9.17, 15) is 5.11 Å². The Bertz CT molecular complexity index is 918. The maximum atomic E-state index is 10.3. The van der Waals surface area contributed by atoms with E-state index >= 15 is 0 Å². The van der Waals surface area contributed by atoms with Gasteiger partial charge in [0.15, 0.2) is 0 Å². The molecule has 0 radical (unpaired) electrons. The van der Waals surface area contributed by atoms with Crippen molar-refractivity contribution in [1.29, 1.82) is 0 Å². The van der Waals surface area contributed by atoms with Crippen molar-refractivity contribution in [1.82, 2.24) is 4.90 Å². The average Bonchev–Trinajstić information content (AvgIpc) is 3.20. The molecule has 1 N–H and O–H groups in total. The van der Waals surface area contributed by atoms with Gasteiger partial charge in [-0.15, -0.1) is 0 Å². The van der Waals surface area contributed by atoms with Gasteiger partial charge in [-0.1, -0.05) is 13.8 Å². The van der Waals surface area contributed by atoms with Crippen LogP contribution in [0.3, 0.4) is 0 Å². The lowest BCUT2D eigenvalue weighted by Gasteiger charge is -2.61. The van der Waals surface area contributed by atoms with Crippen LogP contribution in [0.25, 0.3) is 0 Å². The van der Waals surface area contributed by atoms with E-state index in [2.05, 4.69) is 37.8 Å². The topological polar surface area (TPSA) is 41.9 Å². The molecule has 6 rings (SSSR count). The van der Waals surface area contributed by atoms with E-state index in [1.54, 1.807) is 7.11 Å². The molecular weight excluding hydrogens is 422 g/mol. The van der Waals surface area contributed by atoms with Crippen molar-refractivity contribution in [2.45, 2.75) is 97.2 Å². The molecule has 5 aliphatic rings. The van der Waals surface area contributed by atoms with Crippen molar-refractivity contribution < 1.29 is 14.6 Å². The number of fused-ring (bicyclic) bond motifs is 6. The summed E-state index contributed by atoms with van der Waals surface area (Å²) in [5, 5.41) is 10.3. The molecule has 1 aromatic carbocycles. The van der Waals surface area contributed by atoms with Crippen molar-refractivity contribution in [3.05, 3.63) is 23.8 Å². The molecule has 0 amide bonds. The van der Waals surface area contributed by atoms with Gasteiger partial charge < -0.3 is 14.6 Å². The number of ether oxygens (including phenoxy) is 2. The first-order valence-corrected chi connectivity index (χ1v) is 14.1. The summed E-state index contributed by atoms with van der Waals surface area (Å²) in [6.07, 6.45) is 11.6. The van der Waals surface area contributed by atoms with Crippen molar-refractivity contribution in [2.75, 3.05) is 13.8 Å². The van der Waals surface area contributed by atoms with Gasteiger partial charge in [0.05, 0.1) is 13.2 Å². The number of methoxy groups -OCH3 is 1. The Morgan fingerprint density at radius 3 is 2.65 bits per heavy atom. The van der Waals surface area contributed by atoms with E-state index in [1.165, 1.54) is 50.5 Å². The van der Waals surface area contributed by atoms with Crippen molar-refractivity contribution in [3.63, 3.8) is 0 Å². The maximum Gasteiger partial charge on any atom is 0.142 e. The molecule has 0 aromatic heterocycles. The monoisotopic (exact) mass is 467 g/mol. The molecule has 188 valence electrons. The molecular formula is C30H45NO3. The molecule has 1 heterocycles. The molecule has 9 atom stereocenters. The van der Waals surface area contributed by atoms with Gasteiger partial charge in [0.1, 0.15) is 18.2 Å². The molecule has 4 saturated carbocycles. The number of aliphatic hydroxyl groups is 1. The largest absolute Gasteiger partial charge is 0.497 e. The van der Waals surface area contributed by atoms with Gasteiger partial charge in [-0.25, -0.2) is 0 Å². The lowest BCUT2D eigenvalue weighted by molar-refractivity contribution is -0.131. The maximum absolute atomic E-state index is 10.3. The lowest BCUT2D eigenvalue weighted by Crippen LogP contribution is -2.55.